The summed E-state index contributed by atoms with van der Waals surface area (Å²) in [6.45, 7) is 11.0. The van der Waals surface area contributed by atoms with Crippen molar-refractivity contribution in [3.63, 3.8) is 0 Å². The van der Waals surface area contributed by atoms with Crippen molar-refractivity contribution >= 4 is 28.9 Å². The molecule has 0 saturated heterocycles. The largest absolute Gasteiger partial charge is 0.573 e. The Morgan fingerprint density at radius 3 is 2.15 bits per heavy atom. The van der Waals surface area contributed by atoms with Gasteiger partial charge in [-0.25, -0.2) is 0 Å². The number of rotatable bonds is 12. The van der Waals surface area contributed by atoms with Crippen molar-refractivity contribution in [3.8, 4) is 5.75 Å². The monoisotopic (exact) mass is 549 g/mol. The number of ether oxygens (including phenoxy) is 1. The molecule has 2 aromatic carbocycles. The number of carbonyl (C=O) groups excluding carboxylic acids is 4. The van der Waals surface area contributed by atoms with Crippen molar-refractivity contribution < 1.29 is 37.1 Å². The van der Waals surface area contributed by atoms with Crippen LogP contribution in [0.15, 0.2) is 42.5 Å². The average molecular weight is 550 g/mol. The van der Waals surface area contributed by atoms with E-state index in [2.05, 4.69) is 10.1 Å². The van der Waals surface area contributed by atoms with Crippen LogP contribution >= 0.6 is 0 Å². The molecule has 0 bridgehead atoms. The molecule has 2 aromatic rings. The number of amides is 1. The molecule has 214 valence electrons. The molecule has 1 amide bonds. The Morgan fingerprint density at radius 1 is 0.949 bits per heavy atom. The number of ketones is 3. The SMILES string of the molecule is CCC(=O)CCC(C)C(C)=O.CCc1cc(NC(=O)c2cccc(OC(F)(F)F)c2)ccc1C(=O)C(C)CC. The molecule has 0 aliphatic rings. The summed E-state index contributed by atoms with van der Waals surface area (Å²) in [5.41, 5.74) is 1.91. The zero-order valence-electron chi connectivity index (χ0n) is 23.4. The molecule has 39 heavy (non-hydrogen) atoms. The van der Waals surface area contributed by atoms with Crippen LogP contribution in [0.25, 0.3) is 0 Å². The first-order chi connectivity index (χ1) is 18.2. The van der Waals surface area contributed by atoms with Gasteiger partial charge in [-0.15, -0.1) is 13.2 Å². The lowest BCUT2D eigenvalue weighted by Crippen LogP contribution is -2.18. The Labute approximate surface area is 228 Å². The quantitative estimate of drug-likeness (QED) is 0.275. The standard InChI is InChI=1S/C21H22F3NO3.C9H16O2/c1-4-13(3)19(26)18-10-9-16(11-14(18)5-2)25-20(27)15-7-6-8-17(12-15)28-21(22,23)24;1-4-9(11)6-5-7(2)8(3)10/h6-13H,4-5H2,1-3H3,(H,25,27);7H,4-6H2,1-3H3. The number of Topliss-reactive ketones (excluding diaryl/α,β-unsaturated/α-hetero) is 3. The van der Waals surface area contributed by atoms with Crippen LogP contribution < -0.4 is 10.1 Å². The maximum absolute atomic E-state index is 12.5. The van der Waals surface area contributed by atoms with Gasteiger partial charge in [0.05, 0.1) is 0 Å². The highest BCUT2D eigenvalue weighted by atomic mass is 19.4. The van der Waals surface area contributed by atoms with Crippen LogP contribution in [0.2, 0.25) is 0 Å². The van der Waals surface area contributed by atoms with Gasteiger partial charge in [-0.3, -0.25) is 19.2 Å². The van der Waals surface area contributed by atoms with Gasteiger partial charge in [-0.1, -0.05) is 40.7 Å². The van der Waals surface area contributed by atoms with Gasteiger partial charge in [-0.2, -0.15) is 0 Å². The van der Waals surface area contributed by atoms with Gasteiger partial charge < -0.3 is 10.1 Å². The highest BCUT2D eigenvalue weighted by Crippen LogP contribution is 2.25. The van der Waals surface area contributed by atoms with Crippen molar-refractivity contribution in [2.75, 3.05) is 5.32 Å². The van der Waals surface area contributed by atoms with Crippen LogP contribution in [0.4, 0.5) is 18.9 Å². The number of carbonyl (C=O) groups is 4. The molecule has 0 radical (unpaired) electrons. The highest BCUT2D eigenvalue weighted by Gasteiger charge is 2.31. The van der Waals surface area contributed by atoms with Crippen LogP contribution in [0.5, 0.6) is 5.75 Å². The number of benzene rings is 2. The van der Waals surface area contributed by atoms with Gasteiger partial charge in [0.2, 0.25) is 0 Å². The maximum Gasteiger partial charge on any atom is 0.573 e. The second-order valence-corrected chi connectivity index (χ2v) is 9.37. The molecule has 6 nitrogen and oxygen atoms in total. The minimum absolute atomic E-state index is 0.0274. The van der Waals surface area contributed by atoms with E-state index >= 15 is 0 Å². The Hall–Kier alpha value is -3.49. The molecule has 0 saturated carbocycles. The Bertz CT molecular complexity index is 1140. The third kappa shape index (κ3) is 11.8. The summed E-state index contributed by atoms with van der Waals surface area (Å²) >= 11 is 0. The predicted molar refractivity (Wildman–Crippen MR) is 145 cm³/mol. The van der Waals surface area contributed by atoms with Gasteiger partial charge in [0.25, 0.3) is 5.91 Å². The van der Waals surface area contributed by atoms with Gasteiger partial charge in [0, 0.05) is 41.5 Å². The van der Waals surface area contributed by atoms with Gasteiger partial charge in [0.1, 0.15) is 17.3 Å². The molecule has 2 unspecified atom stereocenters. The molecule has 0 spiro atoms. The predicted octanol–water partition coefficient (Wildman–Crippen LogP) is 7.60. The normalized spacial score (nSPS) is 12.4. The maximum atomic E-state index is 12.5. The summed E-state index contributed by atoms with van der Waals surface area (Å²) in [5, 5.41) is 2.65. The fraction of sp³-hybridized carbons (Fsp3) is 0.467. The molecule has 2 rings (SSSR count). The third-order valence-corrected chi connectivity index (χ3v) is 6.34. The first-order valence-electron chi connectivity index (χ1n) is 13.1. The molecule has 1 N–H and O–H groups in total. The van der Waals surface area contributed by atoms with Crippen molar-refractivity contribution in [2.45, 2.75) is 80.0 Å². The van der Waals surface area contributed by atoms with Gasteiger partial charge in [-0.05, 0) is 68.1 Å². The fourth-order valence-corrected chi connectivity index (χ4v) is 3.45. The summed E-state index contributed by atoms with van der Waals surface area (Å²) in [4.78, 5) is 46.4. The van der Waals surface area contributed by atoms with Crippen molar-refractivity contribution in [3.05, 3.63) is 59.2 Å². The molecule has 9 heteroatoms. The number of anilines is 1. The number of alkyl halides is 3. The second-order valence-electron chi connectivity index (χ2n) is 9.37. The summed E-state index contributed by atoms with van der Waals surface area (Å²) in [7, 11) is 0. The van der Waals surface area contributed by atoms with E-state index in [1.165, 1.54) is 12.1 Å². The Balaban J connectivity index is 0.000000584. The van der Waals surface area contributed by atoms with E-state index in [1.807, 2.05) is 34.6 Å². The average Bonchev–Trinajstić information content (AvgIpc) is 2.89. The summed E-state index contributed by atoms with van der Waals surface area (Å²) in [6, 6.07) is 9.83. The molecule has 0 fully saturated rings. The Morgan fingerprint density at radius 2 is 1.62 bits per heavy atom. The molecule has 0 aliphatic carbocycles. The number of hydrogen-bond donors (Lipinski definition) is 1. The van der Waals surface area contributed by atoms with Gasteiger partial charge >= 0.3 is 6.36 Å². The molecule has 0 aliphatic heterocycles. The minimum Gasteiger partial charge on any atom is -0.406 e. The third-order valence-electron chi connectivity index (χ3n) is 6.34. The van der Waals surface area contributed by atoms with Gasteiger partial charge in [0.15, 0.2) is 5.78 Å². The number of hydrogen-bond acceptors (Lipinski definition) is 5. The number of nitrogens with one attached hydrogen (secondary N) is 1. The molecular weight excluding hydrogens is 511 g/mol. The van der Waals surface area contributed by atoms with Crippen LogP contribution in [-0.4, -0.2) is 29.6 Å². The number of halogens is 3. The van der Waals surface area contributed by atoms with E-state index in [-0.39, 0.29) is 34.7 Å². The molecule has 2 atom stereocenters. The van der Waals surface area contributed by atoms with E-state index < -0.39 is 18.0 Å². The van der Waals surface area contributed by atoms with E-state index in [1.54, 1.807) is 25.1 Å². The molecule has 0 aromatic heterocycles. The number of aryl methyl sites for hydroxylation is 1. The van der Waals surface area contributed by atoms with Crippen molar-refractivity contribution in [1.29, 1.82) is 0 Å². The first kappa shape index (κ1) is 33.5. The summed E-state index contributed by atoms with van der Waals surface area (Å²) < 4.78 is 40.9. The van der Waals surface area contributed by atoms with Crippen LogP contribution in [0.1, 0.15) is 93.5 Å². The lowest BCUT2D eigenvalue weighted by Gasteiger charge is -2.14. The molecular formula is C30H38F3NO5. The Kier molecular flexibility index (Phi) is 13.6. The minimum atomic E-state index is -4.83. The summed E-state index contributed by atoms with van der Waals surface area (Å²) in [6.07, 6.45) is -1.64. The van der Waals surface area contributed by atoms with E-state index in [0.29, 0.717) is 36.9 Å². The van der Waals surface area contributed by atoms with Crippen LogP contribution in [0, 0.1) is 11.8 Å². The second kappa shape index (κ2) is 15.8. The van der Waals surface area contributed by atoms with Crippen LogP contribution in [-0.2, 0) is 16.0 Å². The van der Waals surface area contributed by atoms with E-state index in [4.69, 9.17) is 0 Å². The van der Waals surface area contributed by atoms with Crippen molar-refractivity contribution in [1.82, 2.24) is 0 Å². The highest BCUT2D eigenvalue weighted by molar-refractivity contribution is 6.05. The molecule has 0 heterocycles. The zero-order chi connectivity index (χ0) is 29.8. The lowest BCUT2D eigenvalue weighted by atomic mass is 9.92. The smallest absolute Gasteiger partial charge is 0.406 e. The lowest BCUT2D eigenvalue weighted by molar-refractivity contribution is -0.274. The fourth-order valence-electron chi connectivity index (χ4n) is 3.45. The summed E-state index contributed by atoms with van der Waals surface area (Å²) in [5.74, 6) is -0.617. The van der Waals surface area contributed by atoms with E-state index in [9.17, 15) is 32.3 Å². The van der Waals surface area contributed by atoms with Crippen molar-refractivity contribution in [2.24, 2.45) is 11.8 Å². The first-order valence-corrected chi connectivity index (χ1v) is 13.1. The topological polar surface area (TPSA) is 89.5 Å². The zero-order valence-corrected chi connectivity index (χ0v) is 23.4. The van der Waals surface area contributed by atoms with Crippen LogP contribution in [0.3, 0.4) is 0 Å². The van der Waals surface area contributed by atoms with E-state index in [0.717, 1.165) is 24.1 Å².